The highest BCUT2D eigenvalue weighted by Gasteiger charge is 2.16. The summed E-state index contributed by atoms with van der Waals surface area (Å²) in [6.07, 6.45) is 3.87. The van der Waals surface area contributed by atoms with Crippen LogP contribution in [0.3, 0.4) is 0 Å². The third-order valence-electron chi connectivity index (χ3n) is 3.37. The lowest BCUT2D eigenvalue weighted by atomic mass is 10.1. The maximum Gasteiger partial charge on any atom is 0.231 e. The third kappa shape index (κ3) is 4.44. The summed E-state index contributed by atoms with van der Waals surface area (Å²) >= 11 is 0. The van der Waals surface area contributed by atoms with Gasteiger partial charge in [-0.15, -0.1) is 0 Å². The van der Waals surface area contributed by atoms with Crippen molar-refractivity contribution in [2.75, 3.05) is 49.7 Å². The molecule has 1 aromatic heterocycles. The molecule has 8 heteroatoms. The highest BCUT2D eigenvalue weighted by Crippen LogP contribution is 2.11. The molecule has 1 aliphatic rings. The van der Waals surface area contributed by atoms with E-state index in [9.17, 15) is 4.79 Å². The number of anilines is 3. The smallest absolute Gasteiger partial charge is 0.231 e. The van der Waals surface area contributed by atoms with Crippen LogP contribution in [-0.4, -0.2) is 59.5 Å². The lowest BCUT2D eigenvalue weighted by Gasteiger charge is -2.26. The summed E-state index contributed by atoms with van der Waals surface area (Å²) in [5.41, 5.74) is 5.64. The first-order valence-electron chi connectivity index (χ1n) is 7.27. The van der Waals surface area contributed by atoms with Crippen LogP contribution in [0, 0.1) is 0 Å². The second-order valence-electron chi connectivity index (χ2n) is 5.33. The van der Waals surface area contributed by atoms with Crippen molar-refractivity contribution in [2.45, 2.75) is 25.7 Å². The molecule has 0 atom stereocenters. The summed E-state index contributed by atoms with van der Waals surface area (Å²) in [5.74, 6) is 1.24. The highest BCUT2D eigenvalue weighted by atomic mass is 16.2. The number of nitrogens with two attached hydrogens (primary N) is 1. The van der Waals surface area contributed by atoms with Crippen molar-refractivity contribution >= 4 is 23.8 Å². The van der Waals surface area contributed by atoms with Gasteiger partial charge in [-0.3, -0.25) is 4.79 Å². The second-order valence-corrected chi connectivity index (χ2v) is 5.33. The van der Waals surface area contributed by atoms with Crippen LogP contribution in [-0.2, 0) is 4.79 Å². The Morgan fingerprint density at radius 2 is 1.95 bits per heavy atom. The molecule has 0 saturated carbocycles. The second kappa shape index (κ2) is 7.05. The van der Waals surface area contributed by atoms with Gasteiger partial charge in [0, 0.05) is 40.2 Å². The molecule has 0 radical (unpaired) electrons. The van der Waals surface area contributed by atoms with Crippen molar-refractivity contribution in [2.24, 2.45) is 0 Å². The number of hydrogen-bond donors (Lipinski definition) is 2. The zero-order valence-electron chi connectivity index (χ0n) is 12.7. The van der Waals surface area contributed by atoms with Gasteiger partial charge >= 0.3 is 0 Å². The zero-order valence-corrected chi connectivity index (χ0v) is 12.7. The first-order valence-corrected chi connectivity index (χ1v) is 7.27. The van der Waals surface area contributed by atoms with Gasteiger partial charge in [0.1, 0.15) is 0 Å². The number of carbonyl (C=O) groups is 1. The predicted molar refractivity (Wildman–Crippen MR) is 82.1 cm³/mol. The molecule has 0 aromatic carbocycles. The molecule has 0 aliphatic carbocycles. The van der Waals surface area contributed by atoms with Gasteiger partial charge in [-0.25, -0.2) is 0 Å². The zero-order chi connectivity index (χ0) is 15.2. The average molecular weight is 293 g/mol. The predicted octanol–water partition coefficient (Wildman–Crippen LogP) is 0.334. The Balaban J connectivity index is 1.84. The van der Waals surface area contributed by atoms with Gasteiger partial charge in [-0.2, -0.15) is 15.0 Å². The van der Waals surface area contributed by atoms with Gasteiger partial charge in [0.15, 0.2) is 0 Å². The standard InChI is InChI=1S/C13H23N7O/c1-19(2)13-17-11(14)16-12(18-13)15-7-6-10(21)20-8-4-3-5-9-20/h3-9H2,1-2H3,(H3,14,15,16,17,18). The fourth-order valence-corrected chi connectivity index (χ4v) is 2.24. The summed E-state index contributed by atoms with van der Waals surface area (Å²) in [5, 5.41) is 3.03. The minimum Gasteiger partial charge on any atom is -0.368 e. The molecule has 0 bridgehead atoms. The minimum absolute atomic E-state index is 0.165. The summed E-state index contributed by atoms with van der Waals surface area (Å²) in [6, 6.07) is 0. The Morgan fingerprint density at radius 3 is 2.62 bits per heavy atom. The van der Waals surface area contributed by atoms with E-state index in [0.29, 0.717) is 24.9 Å². The largest absolute Gasteiger partial charge is 0.368 e. The number of rotatable bonds is 5. The lowest BCUT2D eigenvalue weighted by Crippen LogP contribution is -2.36. The number of nitrogens with one attached hydrogen (secondary N) is 1. The number of piperidine rings is 1. The van der Waals surface area contributed by atoms with Crippen LogP contribution in [0.4, 0.5) is 17.8 Å². The molecule has 1 aliphatic heterocycles. The van der Waals surface area contributed by atoms with Gasteiger partial charge in [0.05, 0.1) is 0 Å². The van der Waals surface area contributed by atoms with Crippen LogP contribution in [0.25, 0.3) is 0 Å². The normalized spacial score (nSPS) is 14.9. The van der Waals surface area contributed by atoms with E-state index >= 15 is 0 Å². The molecule has 8 nitrogen and oxygen atoms in total. The SMILES string of the molecule is CN(C)c1nc(N)nc(NCCC(=O)N2CCCCC2)n1. The topological polar surface area (TPSA) is 100 Å². The van der Waals surface area contributed by atoms with Crippen LogP contribution in [0.1, 0.15) is 25.7 Å². The molecule has 0 spiro atoms. The number of aromatic nitrogens is 3. The molecule has 2 rings (SSSR count). The number of carbonyl (C=O) groups excluding carboxylic acids is 1. The van der Waals surface area contributed by atoms with Crippen LogP contribution in [0.5, 0.6) is 0 Å². The van der Waals surface area contributed by atoms with Crippen molar-refractivity contribution in [3.63, 3.8) is 0 Å². The first-order chi connectivity index (χ1) is 10.1. The van der Waals surface area contributed by atoms with E-state index in [1.165, 1.54) is 6.42 Å². The summed E-state index contributed by atoms with van der Waals surface area (Å²) in [4.78, 5) is 28.0. The van der Waals surface area contributed by atoms with E-state index in [1.807, 2.05) is 19.0 Å². The number of amides is 1. The van der Waals surface area contributed by atoms with Crippen LogP contribution >= 0.6 is 0 Å². The Kier molecular flexibility index (Phi) is 5.13. The molecule has 3 N–H and O–H groups in total. The average Bonchev–Trinajstić information content (AvgIpc) is 2.47. The first kappa shape index (κ1) is 15.3. The molecule has 1 fully saturated rings. The molecular weight excluding hydrogens is 270 g/mol. The number of nitrogen functional groups attached to an aromatic ring is 1. The molecule has 1 saturated heterocycles. The van der Waals surface area contributed by atoms with Crippen LogP contribution < -0.4 is 16.0 Å². The number of nitrogens with zero attached hydrogens (tertiary/aromatic N) is 5. The van der Waals surface area contributed by atoms with Gasteiger partial charge in [0.25, 0.3) is 0 Å². The molecular formula is C13H23N7O. The maximum atomic E-state index is 12.0. The van der Waals surface area contributed by atoms with Crippen LogP contribution in [0.15, 0.2) is 0 Å². The molecule has 116 valence electrons. The van der Waals surface area contributed by atoms with E-state index in [-0.39, 0.29) is 11.9 Å². The molecule has 21 heavy (non-hydrogen) atoms. The third-order valence-corrected chi connectivity index (χ3v) is 3.37. The van der Waals surface area contributed by atoms with E-state index in [2.05, 4.69) is 20.3 Å². The quantitative estimate of drug-likeness (QED) is 0.807. The van der Waals surface area contributed by atoms with E-state index < -0.39 is 0 Å². The van der Waals surface area contributed by atoms with Gasteiger partial charge in [-0.1, -0.05) is 0 Å². The van der Waals surface area contributed by atoms with Crippen molar-refractivity contribution in [1.29, 1.82) is 0 Å². The van der Waals surface area contributed by atoms with Crippen LogP contribution in [0.2, 0.25) is 0 Å². The van der Waals surface area contributed by atoms with Crippen molar-refractivity contribution < 1.29 is 4.79 Å². The van der Waals surface area contributed by atoms with Gasteiger partial charge in [0.2, 0.25) is 23.8 Å². The van der Waals surface area contributed by atoms with E-state index in [1.54, 1.807) is 4.90 Å². The summed E-state index contributed by atoms with van der Waals surface area (Å²) < 4.78 is 0. The van der Waals surface area contributed by atoms with Crippen molar-refractivity contribution in [1.82, 2.24) is 19.9 Å². The lowest BCUT2D eigenvalue weighted by molar-refractivity contribution is -0.131. The van der Waals surface area contributed by atoms with E-state index in [4.69, 9.17) is 5.73 Å². The minimum atomic E-state index is 0.165. The number of likely N-dealkylation sites (tertiary alicyclic amines) is 1. The monoisotopic (exact) mass is 293 g/mol. The van der Waals surface area contributed by atoms with Crippen molar-refractivity contribution in [3.05, 3.63) is 0 Å². The Bertz CT molecular complexity index is 485. The molecule has 0 unspecified atom stereocenters. The fraction of sp³-hybridized carbons (Fsp3) is 0.692. The Morgan fingerprint density at radius 1 is 1.24 bits per heavy atom. The Hall–Kier alpha value is -2.12. The van der Waals surface area contributed by atoms with Gasteiger partial charge in [-0.05, 0) is 19.3 Å². The fourth-order valence-electron chi connectivity index (χ4n) is 2.24. The number of hydrogen-bond acceptors (Lipinski definition) is 7. The maximum absolute atomic E-state index is 12.0. The molecule has 2 heterocycles. The van der Waals surface area contributed by atoms with E-state index in [0.717, 1.165) is 25.9 Å². The Labute approximate surface area is 124 Å². The summed E-state index contributed by atoms with van der Waals surface area (Å²) in [7, 11) is 3.66. The van der Waals surface area contributed by atoms with Crippen molar-refractivity contribution in [3.8, 4) is 0 Å². The summed E-state index contributed by atoms with van der Waals surface area (Å²) in [6.45, 7) is 2.25. The molecule has 1 aromatic rings. The van der Waals surface area contributed by atoms with Gasteiger partial charge < -0.3 is 20.9 Å². The highest BCUT2D eigenvalue weighted by molar-refractivity contribution is 5.76. The molecule has 1 amide bonds.